The van der Waals surface area contributed by atoms with Gasteiger partial charge in [-0.25, -0.2) is 4.39 Å². The van der Waals surface area contributed by atoms with Gasteiger partial charge in [0.15, 0.2) is 10.9 Å². The maximum atomic E-state index is 13.1. The Kier molecular flexibility index (Phi) is 5.44. The second kappa shape index (κ2) is 8.16. The molecule has 0 atom stereocenters. The zero-order valence-electron chi connectivity index (χ0n) is 15.8. The largest absolute Gasteiger partial charge is 0.293 e. The summed E-state index contributed by atoms with van der Waals surface area (Å²) in [5.74, 6) is 0.0953. The average molecular weight is 410 g/mol. The predicted molar refractivity (Wildman–Crippen MR) is 111 cm³/mol. The highest BCUT2D eigenvalue weighted by atomic mass is 32.2. The monoisotopic (exact) mass is 410 g/mol. The molecule has 0 fully saturated rings. The second-order valence-corrected chi connectivity index (χ2v) is 7.61. The molecule has 0 radical (unpaired) electrons. The van der Waals surface area contributed by atoms with Gasteiger partial charge in [-0.05, 0) is 42.8 Å². The Labute approximate surface area is 170 Å². The number of thioether (sulfide) groups is 1. The van der Waals surface area contributed by atoms with Gasteiger partial charge >= 0.3 is 0 Å². The number of aromatic nitrogens is 4. The minimum absolute atomic E-state index is 0.0899. The molecule has 0 aliphatic heterocycles. The van der Waals surface area contributed by atoms with E-state index < -0.39 is 0 Å². The third-order valence-corrected chi connectivity index (χ3v) is 5.64. The van der Waals surface area contributed by atoms with Gasteiger partial charge in [-0.15, -0.1) is 10.2 Å². The maximum Gasteiger partial charge on any atom is 0.262 e. The fourth-order valence-corrected chi connectivity index (χ4v) is 4.03. The van der Waals surface area contributed by atoms with E-state index in [1.807, 2.05) is 22.6 Å². The van der Waals surface area contributed by atoms with E-state index in [4.69, 9.17) is 0 Å². The number of aryl methyl sites for hydroxylation is 1. The Balaban J connectivity index is 1.74. The Morgan fingerprint density at radius 1 is 1.10 bits per heavy atom. The first kappa shape index (κ1) is 19.3. The van der Waals surface area contributed by atoms with Crippen LogP contribution < -0.4 is 5.56 Å². The van der Waals surface area contributed by atoms with Gasteiger partial charge in [0.25, 0.3) is 5.56 Å². The van der Waals surface area contributed by atoms with Crippen LogP contribution in [0.5, 0.6) is 0 Å². The highest BCUT2D eigenvalue weighted by molar-refractivity contribution is 7.99. The molecule has 2 heterocycles. The van der Waals surface area contributed by atoms with E-state index in [0.717, 1.165) is 12.8 Å². The molecule has 2 aromatic heterocycles. The number of para-hydroxylation sites is 1. The first-order valence-electron chi connectivity index (χ1n) is 9.38. The second-order valence-electron chi connectivity index (χ2n) is 6.66. The lowest BCUT2D eigenvalue weighted by atomic mass is 10.1. The lowest BCUT2D eigenvalue weighted by Gasteiger charge is -2.10. The van der Waals surface area contributed by atoms with Crippen LogP contribution in [0.25, 0.3) is 16.7 Å². The summed E-state index contributed by atoms with van der Waals surface area (Å²) >= 11 is 1.25. The maximum absolute atomic E-state index is 13.1. The number of fused-ring (bicyclic) bond motifs is 3. The smallest absolute Gasteiger partial charge is 0.262 e. The third kappa shape index (κ3) is 3.67. The molecule has 148 valence electrons. The SMILES string of the molecule is CCCCn1c(=O)c2ccccc2n2c(SCC(=O)c3ccc(F)cc3)nnc12. The molecule has 4 aromatic rings. The quantitative estimate of drug-likeness (QED) is 0.341. The Morgan fingerprint density at radius 2 is 1.86 bits per heavy atom. The summed E-state index contributed by atoms with van der Waals surface area (Å²) in [6.07, 6.45) is 1.81. The number of hydrogen-bond donors (Lipinski definition) is 0. The Bertz CT molecular complexity index is 1250. The Morgan fingerprint density at radius 3 is 2.62 bits per heavy atom. The van der Waals surface area contributed by atoms with Crippen LogP contribution in [-0.4, -0.2) is 30.7 Å². The highest BCUT2D eigenvalue weighted by Gasteiger charge is 2.17. The van der Waals surface area contributed by atoms with Crippen molar-refractivity contribution in [2.24, 2.45) is 0 Å². The van der Waals surface area contributed by atoms with Crippen LogP contribution in [0.3, 0.4) is 0 Å². The molecule has 0 spiro atoms. The molecule has 0 aliphatic carbocycles. The molecule has 0 unspecified atom stereocenters. The van der Waals surface area contributed by atoms with Crippen LogP contribution in [-0.2, 0) is 6.54 Å². The molecule has 0 amide bonds. The lowest BCUT2D eigenvalue weighted by molar-refractivity contribution is 0.102. The van der Waals surface area contributed by atoms with Gasteiger partial charge in [-0.3, -0.25) is 18.6 Å². The standard InChI is InChI=1S/C21H19FN4O2S/c1-2-3-12-25-19(28)16-6-4-5-7-17(16)26-20(25)23-24-21(26)29-13-18(27)14-8-10-15(22)11-9-14/h4-11H,2-3,12-13H2,1H3. The third-order valence-electron chi connectivity index (χ3n) is 4.71. The van der Waals surface area contributed by atoms with Crippen molar-refractivity contribution in [3.8, 4) is 0 Å². The number of hydrogen-bond acceptors (Lipinski definition) is 5. The topological polar surface area (TPSA) is 69.3 Å². The fourth-order valence-electron chi connectivity index (χ4n) is 3.19. The van der Waals surface area contributed by atoms with Crippen molar-refractivity contribution in [2.75, 3.05) is 5.75 Å². The molecular weight excluding hydrogens is 391 g/mol. The number of halogens is 1. The number of nitrogens with zero attached hydrogens (tertiary/aromatic N) is 4. The van der Waals surface area contributed by atoms with Gasteiger partial charge < -0.3 is 0 Å². The van der Waals surface area contributed by atoms with Crippen LogP contribution in [0, 0.1) is 5.82 Å². The van der Waals surface area contributed by atoms with Crippen LogP contribution >= 0.6 is 11.8 Å². The summed E-state index contributed by atoms with van der Waals surface area (Å²) in [5, 5.41) is 9.60. The van der Waals surface area contributed by atoms with E-state index in [2.05, 4.69) is 17.1 Å². The van der Waals surface area contributed by atoms with Crippen molar-refractivity contribution in [2.45, 2.75) is 31.5 Å². The van der Waals surface area contributed by atoms with E-state index >= 15 is 0 Å². The summed E-state index contributed by atoms with van der Waals surface area (Å²) in [6.45, 7) is 2.62. The van der Waals surface area contributed by atoms with Gasteiger partial charge in [0.05, 0.1) is 16.7 Å². The molecule has 0 aliphatic rings. The van der Waals surface area contributed by atoms with Gasteiger partial charge in [0.1, 0.15) is 5.82 Å². The van der Waals surface area contributed by atoms with Crippen molar-refractivity contribution in [1.82, 2.24) is 19.2 Å². The minimum atomic E-state index is -0.380. The van der Waals surface area contributed by atoms with Gasteiger partial charge in [-0.2, -0.15) is 0 Å². The van der Waals surface area contributed by atoms with Gasteiger partial charge in [0, 0.05) is 12.1 Å². The number of Topliss-reactive ketones (excluding diaryl/α,β-unsaturated/α-hetero) is 1. The number of rotatable bonds is 7. The molecule has 2 aromatic carbocycles. The van der Waals surface area contributed by atoms with E-state index in [-0.39, 0.29) is 22.9 Å². The molecular formula is C21H19FN4O2S. The zero-order chi connectivity index (χ0) is 20.4. The van der Waals surface area contributed by atoms with Crippen LogP contribution in [0.1, 0.15) is 30.1 Å². The predicted octanol–water partition coefficient (Wildman–Crippen LogP) is 3.96. The summed E-state index contributed by atoms with van der Waals surface area (Å²) in [6, 6.07) is 12.8. The first-order chi connectivity index (χ1) is 14.1. The van der Waals surface area contributed by atoms with E-state index in [0.29, 0.717) is 33.9 Å². The van der Waals surface area contributed by atoms with Crippen LogP contribution in [0.4, 0.5) is 4.39 Å². The summed E-state index contributed by atoms with van der Waals surface area (Å²) < 4.78 is 16.5. The van der Waals surface area contributed by atoms with Crippen molar-refractivity contribution in [3.05, 3.63) is 70.3 Å². The zero-order valence-corrected chi connectivity index (χ0v) is 16.7. The van der Waals surface area contributed by atoms with Crippen LogP contribution in [0.15, 0.2) is 58.5 Å². The van der Waals surface area contributed by atoms with Crippen molar-refractivity contribution < 1.29 is 9.18 Å². The lowest BCUT2D eigenvalue weighted by Crippen LogP contribution is -2.23. The van der Waals surface area contributed by atoms with Crippen LogP contribution in [0.2, 0.25) is 0 Å². The van der Waals surface area contributed by atoms with Gasteiger partial charge in [-0.1, -0.05) is 37.2 Å². The molecule has 0 bridgehead atoms. The van der Waals surface area contributed by atoms with E-state index in [1.54, 1.807) is 10.6 Å². The highest BCUT2D eigenvalue weighted by Crippen LogP contribution is 2.22. The van der Waals surface area contributed by atoms with E-state index in [1.165, 1.54) is 36.0 Å². The Hall–Kier alpha value is -3.00. The molecule has 4 rings (SSSR count). The first-order valence-corrected chi connectivity index (χ1v) is 10.4. The molecule has 29 heavy (non-hydrogen) atoms. The van der Waals surface area contributed by atoms with Crippen molar-refractivity contribution in [3.63, 3.8) is 0 Å². The van der Waals surface area contributed by atoms with Crippen molar-refractivity contribution >= 4 is 34.2 Å². The summed E-state index contributed by atoms with van der Waals surface area (Å²) in [4.78, 5) is 25.4. The number of unbranched alkanes of at least 4 members (excludes halogenated alkanes) is 1. The molecule has 0 saturated carbocycles. The summed E-state index contributed by atoms with van der Waals surface area (Å²) in [7, 11) is 0. The number of benzene rings is 2. The van der Waals surface area contributed by atoms with E-state index in [9.17, 15) is 14.0 Å². The van der Waals surface area contributed by atoms with Crippen molar-refractivity contribution in [1.29, 1.82) is 0 Å². The average Bonchev–Trinajstić information content (AvgIpc) is 3.16. The molecule has 8 heteroatoms. The number of carbonyl (C=O) groups excluding carboxylic acids is 1. The molecule has 0 N–H and O–H groups in total. The summed E-state index contributed by atoms with van der Waals surface area (Å²) in [5.41, 5.74) is 1.06. The number of carbonyl (C=O) groups is 1. The molecule has 6 nitrogen and oxygen atoms in total. The fraction of sp³-hybridized carbons (Fsp3) is 0.238. The normalized spacial score (nSPS) is 11.4. The number of ketones is 1. The minimum Gasteiger partial charge on any atom is -0.293 e. The van der Waals surface area contributed by atoms with Gasteiger partial charge in [0.2, 0.25) is 5.78 Å². The molecule has 0 saturated heterocycles.